The number of aliphatic hydroxyl groups excluding tert-OH is 1. The van der Waals surface area contributed by atoms with Crippen molar-refractivity contribution in [2.75, 3.05) is 6.79 Å². The van der Waals surface area contributed by atoms with Gasteiger partial charge in [-0.3, -0.25) is 4.79 Å². The second-order valence-electron chi connectivity index (χ2n) is 6.55. The van der Waals surface area contributed by atoms with Gasteiger partial charge in [0.1, 0.15) is 0 Å². The maximum Gasteiger partial charge on any atom is 0.310 e. The standard InChI is InChI=1S/C21H24O5/c1-2-6-15(21(23)24)16-11-19-20(26-13-25-19)12-17(16)18(22)10-9-14-7-4-3-5-8-14/h3-5,7-8,11-12,15,18,22H,2,6,9-10,13H2,1H3,(H,23,24). The molecule has 0 saturated heterocycles. The smallest absolute Gasteiger partial charge is 0.310 e. The van der Waals surface area contributed by atoms with E-state index in [1.807, 2.05) is 37.3 Å². The maximum atomic E-state index is 11.8. The number of hydrogen-bond acceptors (Lipinski definition) is 4. The number of aliphatic carboxylic acids is 1. The normalized spacial score (nSPS) is 14.8. The molecule has 0 fully saturated rings. The zero-order valence-corrected chi connectivity index (χ0v) is 14.9. The van der Waals surface area contributed by atoms with Crippen molar-refractivity contribution in [1.82, 2.24) is 0 Å². The van der Waals surface area contributed by atoms with Crippen LogP contribution in [0.4, 0.5) is 0 Å². The number of aryl methyl sites for hydroxylation is 1. The quantitative estimate of drug-likeness (QED) is 0.746. The Hall–Kier alpha value is -2.53. The molecule has 2 aromatic rings. The highest BCUT2D eigenvalue weighted by molar-refractivity contribution is 5.77. The fourth-order valence-corrected chi connectivity index (χ4v) is 3.37. The van der Waals surface area contributed by atoms with Gasteiger partial charge in [0.15, 0.2) is 11.5 Å². The number of fused-ring (bicyclic) bond motifs is 1. The number of carboxylic acids is 1. The van der Waals surface area contributed by atoms with Gasteiger partial charge >= 0.3 is 5.97 Å². The Morgan fingerprint density at radius 2 is 1.73 bits per heavy atom. The summed E-state index contributed by atoms with van der Waals surface area (Å²) in [4.78, 5) is 11.8. The molecular formula is C21H24O5. The Bertz CT molecular complexity index is 756. The molecule has 0 aliphatic carbocycles. The van der Waals surface area contributed by atoms with Crippen LogP contribution in [0, 0.1) is 0 Å². The van der Waals surface area contributed by atoms with E-state index in [1.54, 1.807) is 12.1 Å². The molecule has 5 heteroatoms. The van der Waals surface area contributed by atoms with Gasteiger partial charge in [0.25, 0.3) is 0 Å². The zero-order valence-electron chi connectivity index (χ0n) is 14.9. The Labute approximate surface area is 153 Å². The van der Waals surface area contributed by atoms with Crippen LogP contribution in [-0.4, -0.2) is 23.0 Å². The Morgan fingerprint density at radius 3 is 2.35 bits per heavy atom. The Balaban J connectivity index is 1.89. The summed E-state index contributed by atoms with van der Waals surface area (Å²) in [6.45, 7) is 2.07. The molecule has 0 amide bonds. The molecule has 138 valence electrons. The fraction of sp³-hybridized carbons (Fsp3) is 0.381. The summed E-state index contributed by atoms with van der Waals surface area (Å²) in [7, 11) is 0. The van der Waals surface area contributed by atoms with Crippen LogP contribution in [0.2, 0.25) is 0 Å². The van der Waals surface area contributed by atoms with Gasteiger partial charge < -0.3 is 19.7 Å². The predicted octanol–water partition coefficient (Wildman–Crippen LogP) is 4.05. The van der Waals surface area contributed by atoms with E-state index in [0.29, 0.717) is 41.9 Å². The minimum absolute atomic E-state index is 0.115. The number of ether oxygens (including phenoxy) is 2. The van der Waals surface area contributed by atoms with Crippen molar-refractivity contribution < 1.29 is 24.5 Å². The third-order valence-electron chi connectivity index (χ3n) is 4.74. The maximum absolute atomic E-state index is 11.8. The van der Waals surface area contributed by atoms with Crippen molar-refractivity contribution in [1.29, 1.82) is 0 Å². The summed E-state index contributed by atoms with van der Waals surface area (Å²) in [6.07, 6.45) is 1.70. The van der Waals surface area contributed by atoms with Crippen molar-refractivity contribution >= 4 is 5.97 Å². The molecule has 2 atom stereocenters. The van der Waals surface area contributed by atoms with Crippen molar-refractivity contribution in [3.8, 4) is 11.5 Å². The number of aliphatic hydroxyl groups is 1. The number of benzene rings is 2. The highest BCUT2D eigenvalue weighted by atomic mass is 16.7. The number of hydrogen-bond donors (Lipinski definition) is 2. The van der Waals surface area contributed by atoms with Crippen molar-refractivity contribution in [2.45, 2.75) is 44.6 Å². The van der Waals surface area contributed by atoms with Crippen LogP contribution in [0.5, 0.6) is 11.5 Å². The van der Waals surface area contributed by atoms with Crippen LogP contribution in [0.25, 0.3) is 0 Å². The van der Waals surface area contributed by atoms with E-state index in [2.05, 4.69) is 0 Å². The average molecular weight is 356 g/mol. The molecule has 1 heterocycles. The largest absolute Gasteiger partial charge is 0.481 e. The lowest BCUT2D eigenvalue weighted by molar-refractivity contribution is -0.139. The van der Waals surface area contributed by atoms with E-state index in [0.717, 1.165) is 12.0 Å². The molecule has 1 aliphatic heterocycles. The van der Waals surface area contributed by atoms with Gasteiger partial charge in [-0.2, -0.15) is 0 Å². The zero-order chi connectivity index (χ0) is 18.5. The van der Waals surface area contributed by atoms with E-state index in [9.17, 15) is 15.0 Å². The van der Waals surface area contributed by atoms with E-state index >= 15 is 0 Å². The van der Waals surface area contributed by atoms with Crippen LogP contribution >= 0.6 is 0 Å². The predicted molar refractivity (Wildman–Crippen MR) is 97.6 cm³/mol. The van der Waals surface area contributed by atoms with Crippen LogP contribution in [-0.2, 0) is 11.2 Å². The molecule has 0 saturated carbocycles. The molecule has 5 nitrogen and oxygen atoms in total. The Morgan fingerprint density at radius 1 is 1.08 bits per heavy atom. The molecule has 3 rings (SSSR count). The van der Waals surface area contributed by atoms with Crippen molar-refractivity contribution in [2.24, 2.45) is 0 Å². The lowest BCUT2D eigenvalue weighted by Crippen LogP contribution is -2.15. The molecule has 0 aromatic heterocycles. The Kier molecular flexibility index (Phi) is 5.78. The van der Waals surface area contributed by atoms with Gasteiger partial charge in [-0.1, -0.05) is 43.7 Å². The van der Waals surface area contributed by atoms with Crippen LogP contribution in [0.1, 0.15) is 54.9 Å². The van der Waals surface area contributed by atoms with Gasteiger partial charge in [-0.15, -0.1) is 0 Å². The third-order valence-corrected chi connectivity index (χ3v) is 4.74. The molecule has 2 unspecified atom stereocenters. The highest BCUT2D eigenvalue weighted by Gasteiger charge is 2.28. The summed E-state index contributed by atoms with van der Waals surface area (Å²) in [5, 5.41) is 20.5. The summed E-state index contributed by atoms with van der Waals surface area (Å²) in [5.74, 6) is -0.456. The summed E-state index contributed by atoms with van der Waals surface area (Å²) in [6, 6.07) is 13.4. The molecule has 0 radical (unpaired) electrons. The minimum Gasteiger partial charge on any atom is -0.481 e. The van der Waals surface area contributed by atoms with E-state index in [4.69, 9.17) is 9.47 Å². The first-order chi connectivity index (χ1) is 12.6. The molecule has 2 N–H and O–H groups in total. The van der Waals surface area contributed by atoms with Gasteiger partial charge in [0.2, 0.25) is 6.79 Å². The molecule has 0 spiro atoms. The van der Waals surface area contributed by atoms with Gasteiger partial charge in [-0.05, 0) is 48.1 Å². The first kappa shape index (κ1) is 18.3. The molecule has 0 bridgehead atoms. The van der Waals surface area contributed by atoms with E-state index in [1.165, 1.54) is 0 Å². The van der Waals surface area contributed by atoms with E-state index in [-0.39, 0.29) is 6.79 Å². The first-order valence-electron chi connectivity index (χ1n) is 8.98. The van der Waals surface area contributed by atoms with Gasteiger partial charge in [0.05, 0.1) is 12.0 Å². The molecular weight excluding hydrogens is 332 g/mol. The highest BCUT2D eigenvalue weighted by Crippen LogP contribution is 2.41. The molecule has 26 heavy (non-hydrogen) atoms. The summed E-state index contributed by atoms with van der Waals surface area (Å²) >= 11 is 0. The second-order valence-corrected chi connectivity index (χ2v) is 6.55. The number of carboxylic acid groups (broad SMARTS) is 1. The second kappa shape index (κ2) is 8.23. The van der Waals surface area contributed by atoms with Crippen LogP contribution in [0.3, 0.4) is 0 Å². The van der Waals surface area contributed by atoms with E-state index < -0.39 is 18.0 Å². The number of carbonyl (C=O) groups is 1. The average Bonchev–Trinajstić information content (AvgIpc) is 3.11. The minimum atomic E-state index is -0.887. The topological polar surface area (TPSA) is 76.0 Å². The fourth-order valence-electron chi connectivity index (χ4n) is 3.37. The van der Waals surface area contributed by atoms with Crippen molar-refractivity contribution in [3.05, 3.63) is 59.2 Å². The lowest BCUT2D eigenvalue weighted by Gasteiger charge is -2.21. The monoisotopic (exact) mass is 356 g/mol. The lowest BCUT2D eigenvalue weighted by atomic mass is 9.87. The SMILES string of the molecule is CCCC(C(=O)O)c1cc2c(cc1C(O)CCc1ccccc1)OCO2. The van der Waals surface area contributed by atoms with Gasteiger partial charge in [-0.25, -0.2) is 0 Å². The summed E-state index contributed by atoms with van der Waals surface area (Å²) < 4.78 is 10.8. The molecule has 2 aromatic carbocycles. The third kappa shape index (κ3) is 3.99. The number of rotatable bonds is 8. The summed E-state index contributed by atoms with van der Waals surface area (Å²) in [5.41, 5.74) is 2.37. The van der Waals surface area contributed by atoms with Crippen LogP contribution in [0.15, 0.2) is 42.5 Å². The first-order valence-corrected chi connectivity index (χ1v) is 8.98. The van der Waals surface area contributed by atoms with Crippen molar-refractivity contribution in [3.63, 3.8) is 0 Å². The van der Waals surface area contributed by atoms with Crippen LogP contribution < -0.4 is 9.47 Å². The van der Waals surface area contributed by atoms with Gasteiger partial charge in [0, 0.05) is 0 Å². The molecule has 1 aliphatic rings.